The van der Waals surface area contributed by atoms with Crippen molar-refractivity contribution in [1.82, 2.24) is 0 Å². The van der Waals surface area contributed by atoms with E-state index in [0.29, 0.717) is 6.42 Å². The van der Waals surface area contributed by atoms with Gasteiger partial charge in [0, 0.05) is 13.1 Å². The van der Waals surface area contributed by atoms with Crippen LogP contribution in [0.4, 0.5) is 0 Å². The first-order valence-electron chi connectivity index (χ1n) is 8.63. The molecule has 10 heteroatoms. The fourth-order valence-electron chi connectivity index (χ4n) is 2.99. The summed E-state index contributed by atoms with van der Waals surface area (Å²) in [5.74, 6) is 0. The zero-order valence-corrected chi connectivity index (χ0v) is 14.8. The highest BCUT2D eigenvalue weighted by Gasteiger charge is 2.41. The van der Waals surface area contributed by atoms with Crippen LogP contribution in [0.3, 0.4) is 0 Å². The maximum absolute atomic E-state index is 9.54. The molecule has 2 heterocycles. The van der Waals surface area contributed by atoms with E-state index in [0.717, 1.165) is 0 Å². The molecule has 26 heavy (non-hydrogen) atoms. The fraction of sp³-hybridized carbons (Fsp3) is 1.00. The Morgan fingerprint density at radius 3 is 1.58 bits per heavy atom. The van der Waals surface area contributed by atoms with Crippen molar-refractivity contribution in [2.75, 3.05) is 13.1 Å². The van der Waals surface area contributed by atoms with Gasteiger partial charge in [0.15, 0.2) is 0 Å². The highest BCUT2D eigenvalue weighted by Crippen LogP contribution is 2.21. The van der Waals surface area contributed by atoms with Crippen LogP contribution in [0, 0.1) is 0 Å². The summed E-state index contributed by atoms with van der Waals surface area (Å²) in [5, 5.41) is 37.8. The lowest BCUT2D eigenvalue weighted by Crippen LogP contribution is -2.62. The zero-order valence-electron chi connectivity index (χ0n) is 14.8. The largest absolute Gasteiger partial charge is 0.389 e. The summed E-state index contributed by atoms with van der Waals surface area (Å²) in [6.07, 6.45) is -4.60. The van der Waals surface area contributed by atoms with Gasteiger partial charge in [0.1, 0.15) is 24.4 Å². The van der Waals surface area contributed by atoms with Gasteiger partial charge in [-0.1, -0.05) is 14.4 Å². The number of rotatable bonds is 3. The summed E-state index contributed by atoms with van der Waals surface area (Å²) in [6.45, 7) is 4.06. The molecule has 2 aliphatic rings. The predicted molar refractivity (Wildman–Crippen MR) is 98.1 cm³/mol. The molecule has 2 fully saturated rings. The molecule has 0 amide bonds. The van der Waals surface area contributed by atoms with E-state index in [-0.39, 0.29) is 32.7 Å². The van der Waals surface area contributed by atoms with Gasteiger partial charge in [-0.25, -0.2) is 0 Å². The van der Waals surface area contributed by atoms with Crippen molar-refractivity contribution in [2.45, 2.75) is 88.6 Å². The molecule has 0 aromatic carbocycles. The molecule has 0 aromatic heterocycles. The highest BCUT2D eigenvalue weighted by atomic mass is 16.5. The van der Waals surface area contributed by atoms with Crippen LogP contribution in [0.5, 0.6) is 0 Å². The van der Waals surface area contributed by atoms with Crippen LogP contribution < -0.4 is 22.9 Å². The lowest BCUT2D eigenvalue weighted by atomic mass is 9.92. The Morgan fingerprint density at radius 2 is 1.15 bits per heavy atom. The maximum atomic E-state index is 9.54. The van der Waals surface area contributed by atoms with Crippen LogP contribution >= 0.6 is 0 Å². The third kappa shape index (κ3) is 5.80. The normalized spacial score (nSPS) is 45.9. The van der Waals surface area contributed by atoms with Crippen LogP contribution in [0.1, 0.15) is 27.7 Å². The number of aliphatic hydroxyl groups is 4. The summed E-state index contributed by atoms with van der Waals surface area (Å²) >= 11 is 0. The van der Waals surface area contributed by atoms with Gasteiger partial charge in [-0.3, -0.25) is 0 Å². The van der Waals surface area contributed by atoms with Crippen molar-refractivity contribution in [3.8, 4) is 0 Å². The summed E-state index contributed by atoms with van der Waals surface area (Å²) in [7, 11) is 0. The second-order valence-electron chi connectivity index (χ2n) is 6.59. The Bertz CT molecular complexity index is 369. The van der Waals surface area contributed by atoms with Crippen LogP contribution in [-0.2, 0) is 9.47 Å². The Labute approximate surface area is 155 Å². The lowest BCUT2D eigenvalue weighted by Gasteiger charge is -2.40. The molecule has 12 N–H and O–H groups in total. The van der Waals surface area contributed by atoms with Gasteiger partial charge in [0.05, 0.1) is 36.5 Å². The van der Waals surface area contributed by atoms with E-state index in [1.807, 2.05) is 6.92 Å². The monoisotopic (exact) mass is 382 g/mol. The van der Waals surface area contributed by atoms with Crippen molar-refractivity contribution in [3.05, 3.63) is 0 Å². The van der Waals surface area contributed by atoms with Gasteiger partial charge in [0.25, 0.3) is 0 Å². The van der Waals surface area contributed by atoms with E-state index in [1.54, 1.807) is 6.92 Å². The van der Waals surface area contributed by atoms with E-state index >= 15 is 0 Å². The minimum absolute atomic E-state index is 0. The molecule has 0 saturated carbocycles. The lowest BCUT2D eigenvalue weighted by molar-refractivity contribution is -0.174. The summed E-state index contributed by atoms with van der Waals surface area (Å²) < 4.78 is 10.7. The van der Waals surface area contributed by atoms with E-state index in [1.165, 1.54) is 0 Å². The Morgan fingerprint density at radius 1 is 0.731 bits per heavy atom. The predicted octanol–water partition coefficient (Wildman–Crippen LogP) is -3.41. The topological polar surface area (TPSA) is 203 Å². The molecule has 0 aliphatic carbocycles. The van der Waals surface area contributed by atoms with E-state index in [4.69, 9.17) is 32.4 Å². The van der Waals surface area contributed by atoms with Gasteiger partial charge in [-0.05, 0) is 13.3 Å². The zero-order chi connectivity index (χ0) is 19.3. The van der Waals surface area contributed by atoms with Gasteiger partial charge in [0.2, 0.25) is 0 Å². The molecule has 10 nitrogen and oxygen atoms in total. The molecule has 0 aromatic rings. The highest BCUT2D eigenvalue weighted by molar-refractivity contribution is 4.94. The van der Waals surface area contributed by atoms with E-state index in [2.05, 4.69) is 0 Å². The second-order valence-corrected chi connectivity index (χ2v) is 6.59. The number of hydrogen-bond donors (Lipinski definition) is 8. The molecule has 10 atom stereocenters. The average Bonchev–Trinajstić information content (AvgIpc) is 2.62. The van der Waals surface area contributed by atoms with Gasteiger partial charge in [-0.2, -0.15) is 0 Å². The fourth-order valence-corrected chi connectivity index (χ4v) is 2.99. The summed E-state index contributed by atoms with van der Waals surface area (Å²) in [5.41, 5.74) is 21.9. The number of hydrogen-bond acceptors (Lipinski definition) is 10. The Balaban J connectivity index is 0.000000464. The SMILES string of the molecule is C.CC1OC(CN)C(O)C(O)C1N.CCC1OC(CN)C(O)C(O)C1N. The molecule has 2 saturated heterocycles. The van der Waals surface area contributed by atoms with Crippen molar-refractivity contribution in [1.29, 1.82) is 0 Å². The maximum Gasteiger partial charge on any atom is 0.109 e. The van der Waals surface area contributed by atoms with Gasteiger partial charge < -0.3 is 52.8 Å². The molecule has 0 bridgehead atoms. The summed E-state index contributed by atoms with van der Waals surface area (Å²) in [4.78, 5) is 0. The third-order valence-corrected chi connectivity index (χ3v) is 4.83. The van der Waals surface area contributed by atoms with Crippen molar-refractivity contribution in [3.63, 3.8) is 0 Å². The number of aliphatic hydroxyl groups excluding tert-OH is 4. The molecular weight excluding hydrogens is 344 g/mol. The minimum Gasteiger partial charge on any atom is -0.389 e. The van der Waals surface area contributed by atoms with E-state index < -0.39 is 48.7 Å². The first-order chi connectivity index (χ1) is 11.7. The minimum atomic E-state index is -0.971. The molecule has 0 spiro atoms. The standard InChI is InChI=1S/C8H18N2O3.C7H16N2O3.CH4/c1-2-4-6(10)8(12)7(11)5(3-9)13-4;1-3-5(9)7(11)6(10)4(2-8)12-3;/h4-8,11-12H,2-3,9-10H2,1H3;3-7,10-11H,2,8-9H2,1H3;1H4. The molecule has 2 aliphatic heterocycles. The average molecular weight is 383 g/mol. The van der Waals surface area contributed by atoms with Crippen LogP contribution in [0.15, 0.2) is 0 Å². The molecular formula is C16H38N4O6. The molecule has 2 rings (SSSR count). The molecule has 158 valence electrons. The van der Waals surface area contributed by atoms with E-state index in [9.17, 15) is 20.4 Å². The van der Waals surface area contributed by atoms with Gasteiger partial charge in [-0.15, -0.1) is 0 Å². The molecule has 10 unspecified atom stereocenters. The molecule has 0 radical (unpaired) electrons. The second kappa shape index (κ2) is 11.4. The summed E-state index contributed by atoms with van der Waals surface area (Å²) in [6, 6.07) is -1.06. The van der Waals surface area contributed by atoms with Crippen molar-refractivity contribution >= 4 is 0 Å². The first kappa shape index (κ1) is 25.6. The Hall–Kier alpha value is -0.400. The third-order valence-electron chi connectivity index (χ3n) is 4.83. The number of ether oxygens (including phenoxy) is 2. The quantitative estimate of drug-likeness (QED) is 0.243. The van der Waals surface area contributed by atoms with Crippen LogP contribution in [0.2, 0.25) is 0 Å². The number of nitrogens with two attached hydrogens (primary N) is 4. The smallest absolute Gasteiger partial charge is 0.109 e. The van der Waals surface area contributed by atoms with Crippen LogP contribution in [0.25, 0.3) is 0 Å². The van der Waals surface area contributed by atoms with Gasteiger partial charge >= 0.3 is 0 Å². The van der Waals surface area contributed by atoms with Crippen molar-refractivity contribution in [2.24, 2.45) is 22.9 Å². The first-order valence-corrected chi connectivity index (χ1v) is 8.63. The Kier molecular flexibility index (Phi) is 11.3. The van der Waals surface area contributed by atoms with Crippen LogP contribution in [-0.4, -0.2) is 94.4 Å². The van der Waals surface area contributed by atoms with Crippen molar-refractivity contribution < 1.29 is 29.9 Å².